The molecule has 222 valence electrons. The first-order chi connectivity index (χ1) is 18.7. The molecule has 0 radical (unpaired) electrons. The predicted octanol–water partition coefficient (Wildman–Crippen LogP) is 0.854. The number of fused-ring (bicyclic) bond motifs is 1. The molecule has 9 heteroatoms. The van der Waals surface area contributed by atoms with Gasteiger partial charge in [0.15, 0.2) is 0 Å². The third-order valence-electron chi connectivity index (χ3n) is 7.05. The van der Waals surface area contributed by atoms with Crippen molar-refractivity contribution in [2.75, 3.05) is 20.1 Å². The van der Waals surface area contributed by atoms with Crippen molar-refractivity contribution in [3.8, 4) is 0 Å². The molecule has 0 bridgehead atoms. The Labute approximate surface area is 294 Å². The van der Waals surface area contributed by atoms with Crippen molar-refractivity contribution in [2.45, 2.75) is 121 Å². The molecule has 0 atom stereocenters. The van der Waals surface area contributed by atoms with E-state index < -0.39 is 16.1 Å². The Morgan fingerprint density at radius 2 is 1.22 bits per heavy atom. The zero-order valence-electron chi connectivity index (χ0n) is 26.6. The van der Waals surface area contributed by atoms with Gasteiger partial charge in [-0.05, 0) is 49.2 Å². The number of nitrogens with zero attached hydrogens (tertiary/aromatic N) is 1. The largest absolute Gasteiger partial charge is 1.00 e. The van der Waals surface area contributed by atoms with Crippen LogP contribution in [0, 0.1) is 0 Å². The number of aliphatic carboxylic acids is 1. The Bertz CT molecular complexity index is 1050. The van der Waals surface area contributed by atoms with Gasteiger partial charge in [0.2, 0.25) is 0 Å². The van der Waals surface area contributed by atoms with Crippen molar-refractivity contribution in [3.05, 3.63) is 42.0 Å². The van der Waals surface area contributed by atoms with Crippen LogP contribution in [-0.4, -0.2) is 44.0 Å². The van der Waals surface area contributed by atoms with Crippen LogP contribution in [0.4, 0.5) is 0 Å². The van der Waals surface area contributed by atoms with Crippen molar-refractivity contribution < 1.29 is 82.0 Å². The maximum Gasteiger partial charge on any atom is 1.00 e. The summed E-state index contributed by atoms with van der Waals surface area (Å²) in [6, 6.07) is 10.7. The standard InChI is InChI=1S/C18H37NO2.C14H16O3S.2Na/c1-3-4-5-6-7-8-9-10-11-12-13-14-15-16-19(2)17-18(20)21;1-2-3-6-12-10-9-11-7-4-5-8-13(11)14(12)18(15,16)17;;/h3-17H2,1-2H3,(H,20,21);4-5,7-10H,2-3,6H2,1H3,(H,15,16,17);;/q;;2*+1/p-2. The molecule has 0 saturated carbocycles. The number of benzene rings is 2. The second-order valence-corrected chi connectivity index (χ2v) is 12.0. The second-order valence-electron chi connectivity index (χ2n) is 10.7. The molecule has 0 heterocycles. The summed E-state index contributed by atoms with van der Waals surface area (Å²) in [5.74, 6) is -0.979. The van der Waals surface area contributed by atoms with Gasteiger partial charge in [-0.25, -0.2) is 8.42 Å². The first-order valence-corrected chi connectivity index (χ1v) is 16.5. The topological polar surface area (TPSA) is 101 Å². The Kier molecular flexibility index (Phi) is 27.8. The third kappa shape index (κ3) is 20.6. The maximum atomic E-state index is 11.5. The van der Waals surface area contributed by atoms with E-state index in [0.29, 0.717) is 17.4 Å². The van der Waals surface area contributed by atoms with Crippen LogP contribution in [-0.2, 0) is 21.3 Å². The number of unbranched alkanes of at least 4 members (excludes halogenated alkanes) is 13. The van der Waals surface area contributed by atoms with Crippen LogP contribution in [0.2, 0.25) is 0 Å². The second kappa shape index (κ2) is 26.4. The molecular weight excluding hydrogens is 556 g/mol. The van der Waals surface area contributed by atoms with Crippen molar-refractivity contribution in [2.24, 2.45) is 0 Å². The van der Waals surface area contributed by atoms with E-state index in [1.54, 1.807) is 18.2 Å². The molecule has 0 N–H and O–H groups in total. The molecule has 0 fully saturated rings. The van der Waals surface area contributed by atoms with Crippen LogP contribution >= 0.6 is 0 Å². The molecule has 0 aliphatic heterocycles. The van der Waals surface area contributed by atoms with Gasteiger partial charge >= 0.3 is 59.1 Å². The van der Waals surface area contributed by atoms with E-state index in [0.717, 1.165) is 31.2 Å². The van der Waals surface area contributed by atoms with Crippen LogP contribution in [0.5, 0.6) is 0 Å². The van der Waals surface area contributed by atoms with Crippen LogP contribution in [0.15, 0.2) is 41.3 Å². The molecule has 0 amide bonds. The molecule has 0 aromatic heterocycles. The fourth-order valence-electron chi connectivity index (χ4n) is 4.85. The smallest absolute Gasteiger partial charge is 0.744 e. The SMILES string of the molecule is CCCCCCCCCCCCCCCN(C)CC(=O)[O-].CCCCc1ccc2ccccc2c1S(=O)(=O)[O-].[Na+].[Na+]. The average molecular weight is 608 g/mol. The van der Waals surface area contributed by atoms with E-state index >= 15 is 0 Å². The zero-order chi connectivity index (χ0) is 28.9. The maximum absolute atomic E-state index is 11.5. The van der Waals surface area contributed by atoms with E-state index in [4.69, 9.17) is 0 Å². The third-order valence-corrected chi connectivity index (χ3v) is 8.04. The van der Waals surface area contributed by atoms with Gasteiger partial charge < -0.3 is 19.4 Å². The number of carbonyl (C=O) groups excluding carboxylic acids is 1. The summed E-state index contributed by atoms with van der Waals surface area (Å²) in [5, 5.41) is 11.7. The van der Waals surface area contributed by atoms with Crippen molar-refractivity contribution in [1.29, 1.82) is 0 Å². The minimum Gasteiger partial charge on any atom is -0.744 e. The molecule has 0 aliphatic carbocycles. The van der Waals surface area contributed by atoms with Gasteiger partial charge in [0.05, 0.1) is 10.9 Å². The summed E-state index contributed by atoms with van der Waals surface area (Å²) in [6.45, 7) is 5.22. The molecule has 2 aromatic carbocycles. The summed E-state index contributed by atoms with van der Waals surface area (Å²) in [5.41, 5.74) is 0.630. The molecule has 2 rings (SSSR count). The summed E-state index contributed by atoms with van der Waals surface area (Å²) < 4.78 is 34.4. The molecular formula is C32H51NNa2O5S. The van der Waals surface area contributed by atoms with Crippen molar-refractivity contribution in [3.63, 3.8) is 0 Å². The minimum absolute atomic E-state index is 0. The Morgan fingerprint density at radius 3 is 1.71 bits per heavy atom. The molecule has 0 spiro atoms. The fourth-order valence-corrected chi connectivity index (χ4v) is 5.79. The number of rotatable bonds is 20. The Balaban J connectivity index is 0. The number of hydrogen-bond acceptors (Lipinski definition) is 6. The van der Waals surface area contributed by atoms with Gasteiger partial charge in [-0.1, -0.05) is 134 Å². The van der Waals surface area contributed by atoms with Crippen LogP contribution in [0.1, 0.15) is 116 Å². The number of likely N-dealkylation sites (N-methyl/N-ethyl adjacent to an activating group) is 1. The van der Waals surface area contributed by atoms with Crippen LogP contribution in [0.25, 0.3) is 10.8 Å². The number of carboxylic acid groups (broad SMARTS) is 1. The summed E-state index contributed by atoms with van der Waals surface area (Å²) in [7, 11) is -2.60. The van der Waals surface area contributed by atoms with Gasteiger partial charge in [-0.2, -0.15) is 0 Å². The van der Waals surface area contributed by atoms with E-state index in [9.17, 15) is 22.9 Å². The molecule has 2 aromatic rings. The summed E-state index contributed by atoms with van der Waals surface area (Å²) in [4.78, 5) is 12.2. The van der Waals surface area contributed by atoms with Gasteiger partial charge in [-0.3, -0.25) is 0 Å². The number of hydrogen-bond donors (Lipinski definition) is 0. The monoisotopic (exact) mass is 607 g/mol. The molecule has 0 saturated heterocycles. The van der Waals surface area contributed by atoms with Gasteiger partial charge in [0.25, 0.3) is 0 Å². The normalized spacial score (nSPS) is 11.0. The molecule has 6 nitrogen and oxygen atoms in total. The Morgan fingerprint density at radius 1 is 0.732 bits per heavy atom. The number of aryl methyl sites for hydroxylation is 1. The van der Waals surface area contributed by atoms with Gasteiger partial charge in [-0.15, -0.1) is 0 Å². The average Bonchev–Trinajstić information content (AvgIpc) is 2.89. The van der Waals surface area contributed by atoms with Gasteiger partial charge in [0.1, 0.15) is 10.1 Å². The van der Waals surface area contributed by atoms with Crippen molar-refractivity contribution in [1.82, 2.24) is 4.90 Å². The molecule has 0 aliphatic rings. The van der Waals surface area contributed by atoms with E-state index in [-0.39, 0.29) is 70.6 Å². The number of carboxylic acids is 1. The van der Waals surface area contributed by atoms with Crippen molar-refractivity contribution >= 4 is 26.9 Å². The van der Waals surface area contributed by atoms with E-state index in [1.165, 1.54) is 77.0 Å². The van der Waals surface area contributed by atoms with E-state index in [1.807, 2.05) is 37.1 Å². The summed E-state index contributed by atoms with van der Waals surface area (Å²) >= 11 is 0. The first kappa shape index (κ1) is 43.2. The predicted molar refractivity (Wildman–Crippen MR) is 159 cm³/mol. The molecule has 41 heavy (non-hydrogen) atoms. The first-order valence-electron chi connectivity index (χ1n) is 15.1. The Hall–Kier alpha value is 0.0400. The zero-order valence-corrected chi connectivity index (χ0v) is 31.4. The van der Waals surface area contributed by atoms with Crippen LogP contribution < -0.4 is 64.2 Å². The quantitative estimate of drug-likeness (QED) is 0.126. The fraction of sp³-hybridized carbons (Fsp3) is 0.656. The van der Waals surface area contributed by atoms with E-state index in [2.05, 4.69) is 6.92 Å². The van der Waals surface area contributed by atoms with Gasteiger partial charge in [0, 0.05) is 6.54 Å². The number of carbonyl (C=O) groups is 1. The van der Waals surface area contributed by atoms with Crippen LogP contribution in [0.3, 0.4) is 0 Å². The molecule has 0 unspecified atom stereocenters. The summed E-state index contributed by atoms with van der Waals surface area (Å²) in [6.07, 6.45) is 20.0. The minimum atomic E-state index is -4.44.